The summed E-state index contributed by atoms with van der Waals surface area (Å²) in [6.45, 7) is 2.05. The lowest BCUT2D eigenvalue weighted by atomic mass is 9.97. The van der Waals surface area contributed by atoms with Crippen molar-refractivity contribution in [3.05, 3.63) is 71.3 Å². The van der Waals surface area contributed by atoms with E-state index in [0.717, 1.165) is 15.2 Å². The largest absolute Gasteiger partial charge is 0.386 e. The quantitative estimate of drug-likeness (QED) is 0.511. The lowest BCUT2D eigenvalue weighted by Crippen LogP contribution is -2.19. The average molecular weight is 320 g/mol. The molecule has 3 nitrogen and oxygen atoms in total. The van der Waals surface area contributed by atoms with Gasteiger partial charge in [-0.05, 0) is 42.6 Å². The second kappa shape index (κ2) is 5.25. The van der Waals surface area contributed by atoms with Gasteiger partial charge < -0.3 is 4.74 Å². The molecule has 0 radical (unpaired) electrons. The van der Waals surface area contributed by atoms with E-state index in [0.29, 0.717) is 16.5 Å². The number of rotatable bonds is 2. The fourth-order valence-corrected chi connectivity index (χ4v) is 3.68. The minimum Gasteiger partial charge on any atom is -0.386 e. The third kappa shape index (κ3) is 2.32. The lowest BCUT2D eigenvalue weighted by Gasteiger charge is -2.17. The molecule has 0 spiro atoms. The molecule has 0 fully saturated rings. The Labute approximate surface area is 137 Å². The number of benzene rings is 3. The molecule has 112 valence electrons. The first-order chi connectivity index (χ1) is 11.1. The summed E-state index contributed by atoms with van der Waals surface area (Å²) in [5.74, 6) is -1.16. The first-order valence-corrected chi connectivity index (χ1v) is 8.02. The summed E-state index contributed by atoms with van der Waals surface area (Å²) in [6.07, 6.45) is 0. The third-order valence-corrected chi connectivity index (χ3v) is 4.96. The van der Waals surface area contributed by atoms with Crippen LogP contribution in [0, 0.1) is 6.92 Å². The maximum absolute atomic E-state index is 11.9. The highest BCUT2D eigenvalue weighted by atomic mass is 32.2. The Morgan fingerprint density at radius 1 is 0.826 bits per heavy atom. The Morgan fingerprint density at radius 3 is 2.26 bits per heavy atom. The van der Waals surface area contributed by atoms with Crippen LogP contribution < -0.4 is 0 Å². The fourth-order valence-electron chi connectivity index (χ4n) is 2.74. The maximum Gasteiger partial charge on any atom is 0.346 e. The van der Waals surface area contributed by atoms with Gasteiger partial charge in [0.1, 0.15) is 0 Å². The molecule has 0 aromatic heterocycles. The van der Waals surface area contributed by atoms with Crippen molar-refractivity contribution in [2.75, 3.05) is 0 Å². The molecule has 3 aromatic carbocycles. The van der Waals surface area contributed by atoms with Crippen molar-refractivity contribution in [2.24, 2.45) is 0 Å². The highest BCUT2D eigenvalue weighted by Gasteiger charge is 2.27. The average Bonchev–Trinajstić information content (AvgIpc) is 2.55. The molecule has 0 N–H and O–H groups in total. The van der Waals surface area contributed by atoms with E-state index in [2.05, 4.69) is 24.3 Å². The van der Waals surface area contributed by atoms with Gasteiger partial charge >= 0.3 is 11.9 Å². The zero-order valence-electron chi connectivity index (χ0n) is 12.3. The van der Waals surface area contributed by atoms with E-state index < -0.39 is 11.9 Å². The SMILES string of the molecule is Cc1ccc(Sc2ccc3c4c(cccc24)C(=O)OC3=O)cc1. The molecule has 23 heavy (non-hydrogen) atoms. The molecule has 4 rings (SSSR count). The van der Waals surface area contributed by atoms with Gasteiger partial charge in [-0.1, -0.05) is 41.6 Å². The van der Waals surface area contributed by atoms with Crippen molar-refractivity contribution in [1.29, 1.82) is 0 Å². The molecule has 1 aliphatic rings. The van der Waals surface area contributed by atoms with Crippen molar-refractivity contribution in [1.82, 2.24) is 0 Å². The molecule has 0 atom stereocenters. The van der Waals surface area contributed by atoms with Crippen LogP contribution in [-0.4, -0.2) is 11.9 Å². The zero-order valence-corrected chi connectivity index (χ0v) is 13.1. The van der Waals surface area contributed by atoms with Gasteiger partial charge in [-0.15, -0.1) is 0 Å². The third-order valence-electron chi connectivity index (χ3n) is 3.87. The zero-order chi connectivity index (χ0) is 16.0. The van der Waals surface area contributed by atoms with Crippen molar-refractivity contribution in [2.45, 2.75) is 16.7 Å². The van der Waals surface area contributed by atoms with E-state index in [1.54, 1.807) is 23.9 Å². The number of carbonyl (C=O) groups excluding carboxylic acids is 2. The van der Waals surface area contributed by atoms with Crippen LogP contribution in [0.1, 0.15) is 26.3 Å². The van der Waals surface area contributed by atoms with Crippen molar-refractivity contribution in [3.63, 3.8) is 0 Å². The minimum absolute atomic E-state index is 0.448. The molecule has 0 bridgehead atoms. The van der Waals surface area contributed by atoms with Gasteiger partial charge in [0.05, 0.1) is 11.1 Å². The summed E-state index contributed by atoms with van der Waals surface area (Å²) >= 11 is 1.62. The van der Waals surface area contributed by atoms with Gasteiger partial charge in [-0.25, -0.2) is 9.59 Å². The monoisotopic (exact) mass is 320 g/mol. The predicted molar refractivity (Wildman–Crippen MR) is 89.0 cm³/mol. The molecule has 3 aromatic rings. The van der Waals surface area contributed by atoms with Crippen molar-refractivity contribution < 1.29 is 14.3 Å². The molecule has 1 aliphatic heterocycles. The van der Waals surface area contributed by atoms with Gasteiger partial charge in [0.25, 0.3) is 0 Å². The topological polar surface area (TPSA) is 43.4 Å². The lowest BCUT2D eigenvalue weighted by molar-refractivity contribution is 0.0391. The molecule has 4 heteroatoms. The summed E-state index contributed by atoms with van der Waals surface area (Å²) in [4.78, 5) is 26.0. The smallest absolute Gasteiger partial charge is 0.346 e. The number of hydrogen-bond donors (Lipinski definition) is 0. The fraction of sp³-hybridized carbons (Fsp3) is 0.0526. The number of carbonyl (C=O) groups is 2. The maximum atomic E-state index is 11.9. The van der Waals surface area contributed by atoms with Crippen LogP contribution in [0.4, 0.5) is 0 Å². The second-order valence-corrected chi connectivity index (χ2v) is 6.55. The second-order valence-electron chi connectivity index (χ2n) is 5.43. The summed E-state index contributed by atoms with van der Waals surface area (Å²) in [5, 5.41) is 1.58. The first kappa shape index (κ1) is 14.0. The summed E-state index contributed by atoms with van der Waals surface area (Å²) in [5.41, 5.74) is 2.10. The number of hydrogen-bond acceptors (Lipinski definition) is 4. The van der Waals surface area contributed by atoms with Crippen LogP contribution in [0.3, 0.4) is 0 Å². The summed E-state index contributed by atoms with van der Waals surface area (Å²) in [6, 6.07) is 17.3. The standard InChI is InChI=1S/C19H12O3S/c1-11-5-7-12(8-6-11)23-16-10-9-15-17-13(16)3-2-4-14(17)18(20)22-19(15)21/h2-10H,1H3. The van der Waals surface area contributed by atoms with E-state index in [-0.39, 0.29) is 0 Å². The number of esters is 2. The van der Waals surface area contributed by atoms with Crippen LogP contribution in [0.15, 0.2) is 64.4 Å². The Bertz CT molecular complexity index is 938. The van der Waals surface area contributed by atoms with E-state index in [4.69, 9.17) is 4.74 Å². The van der Waals surface area contributed by atoms with Crippen LogP contribution in [0.5, 0.6) is 0 Å². The van der Waals surface area contributed by atoms with Crippen LogP contribution in [-0.2, 0) is 4.74 Å². The predicted octanol–water partition coefficient (Wildman–Crippen LogP) is 4.61. The Balaban J connectivity index is 1.90. The Hall–Kier alpha value is -2.59. The van der Waals surface area contributed by atoms with Crippen LogP contribution in [0.2, 0.25) is 0 Å². The number of aryl methyl sites for hydroxylation is 1. The highest BCUT2D eigenvalue weighted by Crippen LogP contribution is 2.38. The van der Waals surface area contributed by atoms with Crippen molar-refractivity contribution >= 4 is 34.5 Å². The Kier molecular flexibility index (Phi) is 3.20. The number of ether oxygens (including phenoxy) is 1. The molecule has 1 heterocycles. The molecular formula is C19H12O3S. The normalized spacial score (nSPS) is 13.3. The van der Waals surface area contributed by atoms with Crippen LogP contribution >= 0.6 is 11.8 Å². The molecule has 0 saturated heterocycles. The van der Waals surface area contributed by atoms with Gasteiger partial charge in [-0.3, -0.25) is 0 Å². The molecule has 0 saturated carbocycles. The Morgan fingerprint density at radius 2 is 1.52 bits per heavy atom. The highest BCUT2D eigenvalue weighted by molar-refractivity contribution is 7.99. The van der Waals surface area contributed by atoms with Gasteiger partial charge in [-0.2, -0.15) is 0 Å². The minimum atomic E-state index is -0.578. The van der Waals surface area contributed by atoms with Crippen LogP contribution in [0.25, 0.3) is 10.8 Å². The summed E-state index contributed by atoms with van der Waals surface area (Å²) < 4.78 is 4.79. The van der Waals surface area contributed by atoms with Gasteiger partial charge in [0.15, 0.2) is 0 Å². The molecule has 0 unspecified atom stereocenters. The molecule has 0 aliphatic carbocycles. The van der Waals surface area contributed by atoms with E-state index in [1.165, 1.54) is 5.56 Å². The van der Waals surface area contributed by atoms with Gasteiger partial charge in [0, 0.05) is 15.2 Å². The van der Waals surface area contributed by atoms with Gasteiger partial charge in [0.2, 0.25) is 0 Å². The van der Waals surface area contributed by atoms with E-state index in [9.17, 15) is 9.59 Å². The van der Waals surface area contributed by atoms with Crippen molar-refractivity contribution in [3.8, 4) is 0 Å². The van der Waals surface area contributed by atoms with E-state index >= 15 is 0 Å². The first-order valence-electron chi connectivity index (χ1n) is 7.20. The number of cyclic esters (lactones) is 2. The summed E-state index contributed by atoms with van der Waals surface area (Å²) in [7, 11) is 0. The van der Waals surface area contributed by atoms with E-state index in [1.807, 2.05) is 25.1 Å². The molecule has 0 amide bonds. The molecular weight excluding hydrogens is 308 g/mol.